The fourth-order valence-corrected chi connectivity index (χ4v) is 1.79. The van der Waals surface area contributed by atoms with Crippen LogP contribution in [0.5, 0.6) is 5.75 Å². The van der Waals surface area contributed by atoms with Gasteiger partial charge >= 0.3 is 0 Å². The van der Waals surface area contributed by atoms with Crippen LogP contribution in [0.2, 0.25) is 13.1 Å². The van der Waals surface area contributed by atoms with E-state index in [0.717, 1.165) is 15.1 Å². The van der Waals surface area contributed by atoms with Crippen LogP contribution < -0.4 is 0 Å². The van der Waals surface area contributed by atoms with Gasteiger partial charge in [0.2, 0.25) is 0 Å². The minimum atomic E-state index is 0. The summed E-state index contributed by atoms with van der Waals surface area (Å²) in [7, 11) is 1.08. The van der Waals surface area contributed by atoms with Crippen LogP contribution in [0.15, 0.2) is 41.0 Å². The van der Waals surface area contributed by atoms with Gasteiger partial charge in [-0.2, -0.15) is 11.1 Å². The van der Waals surface area contributed by atoms with Gasteiger partial charge in [-0.05, 0) is 24.6 Å². The molecular weight excluding hydrogens is 379 g/mol. The summed E-state index contributed by atoms with van der Waals surface area (Å²) in [6, 6.07) is 7.15. The number of aryl methyl sites for hydroxylation is 1. The van der Waals surface area contributed by atoms with Crippen LogP contribution in [0.25, 0.3) is 0 Å². The molecule has 0 aromatic heterocycles. The molecule has 0 heterocycles. The molecule has 0 amide bonds. The zero-order valence-electron chi connectivity index (χ0n) is 15.2. The van der Waals surface area contributed by atoms with Gasteiger partial charge in [0.05, 0.1) is 0 Å². The maximum atomic E-state index is 8.81. The van der Waals surface area contributed by atoms with Crippen LogP contribution in [0, 0.1) is 18.9 Å². The molecule has 1 aromatic rings. The van der Waals surface area contributed by atoms with Crippen LogP contribution >= 0.6 is 24.8 Å². The Labute approximate surface area is 172 Å². The molecule has 1 aliphatic rings. The Morgan fingerprint density at radius 3 is 1.70 bits per heavy atom. The molecule has 1 N–H and O–H groups in total. The van der Waals surface area contributed by atoms with Crippen molar-refractivity contribution in [2.75, 3.05) is 0 Å². The van der Waals surface area contributed by atoms with E-state index in [1.165, 1.54) is 16.7 Å². The molecule has 1 aromatic carbocycles. The van der Waals surface area contributed by atoms with Gasteiger partial charge in [0.15, 0.2) is 0 Å². The number of phenolic OH excluding ortho intramolecular Hbond substituents is 1. The predicted molar refractivity (Wildman–Crippen MR) is 105 cm³/mol. The second-order valence-corrected chi connectivity index (χ2v) is 6.14. The van der Waals surface area contributed by atoms with Crippen molar-refractivity contribution in [2.45, 2.75) is 47.7 Å². The molecule has 2 radical (unpaired) electrons. The third-order valence-electron chi connectivity index (χ3n) is 3.24. The van der Waals surface area contributed by atoms with Crippen molar-refractivity contribution in [1.82, 2.24) is 0 Å². The van der Waals surface area contributed by atoms with E-state index in [1.54, 1.807) is 12.1 Å². The zero-order valence-corrected chi connectivity index (χ0v) is 19.3. The fourth-order valence-electron chi connectivity index (χ4n) is 1.79. The molecule has 2 rings (SSSR count). The monoisotopic (exact) mass is 407 g/mol. The third kappa shape index (κ3) is 13.0. The standard InChI is InChI=1S/C9H13.C7H8O.C2H6Si.2ClH.Ti/c1-6-5-7(2)9(4)8(6)3;1-6-3-2-4-7(8)5-6;1-3-2;;;/h6H,1-4H3;2-5,8H,1H3;1-2H3;2*1H;/q-1;;;;;. The molecule has 1 aliphatic carbocycles. The number of benzene rings is 1. The van der Waals surface area contributed by atoms with Crippen LogP contribution in [0.4, 0.5) is 0 Å². The van der Waals surface area contributed by atoms with E-state index in [4.69, 9.17) is 5.11 Å². The van der Waals surface area contributed by atoms with E-state index >= 15 is 0 Å². The van der Waals surface area contributed by atoms with E-state index in [-0.39, 0.29) is 46.5 Å². The van der Waals surface area contributed by atoms with Crippen LogP contribution in [0.3, 0.4) is 0 Å². The van der Waals surface area contributed by atoms with Crippen LogP contribution in [-0.4, -0.2) is 14.6 Å². The maximum absolute atomic E-state index is 8.81. The molecule has 0 fully saturated rings. The summed E-state index contributed by atoms with van der Waals surface area (Å²) in [6.45, 7) is 14.9. The SMILES string of the molecule is CC1=[C-]C(C)C(C)=C1C.C[Si]C.Cc1cccc(O)c1.Cl.Cl.[Ti]. The second-order valence-electron chi connectivity index (χ2n) is 5.14. The number of hydrogen-bond acceptors (Lipinski definition) is 1. The van der Waals surface area contributed by atoms with Gasteiger partial charge in [-0.25, -0.2) is 5.57 Å². The van der Waals surface area contributed by atoms with E-state index in [0.29, 0.717) is 11.7 Å². The molecule has 1 unspecified atom stereocenters. The molecule has 0 saturated carbocycles. The first-order chi connectivity index (χ1) is 9.33. The molecule has 5 heteroatoms. The van der Waals surface area contributed by atoms with Crippen molar-refractivity contribution in [3.63, 3.8) is 0 Å². The summed E-state index contributed by atoms with van der Waals surface area (Å²) < 4.78 is 0. The van der Waals surface area contributed by atoms with E-state index < -0.39 is 0 Å². The first-order valence-corrected chi connectivity index (χ1v) is 8.95. The molecule has 1 nitrogen and oxygen atoms in total. The maximum Gasteiger partial charge on any atom is 0.115 e. The number of hydrogen-bond donors (Lipinski definition) is 1. The van der Waals surface area contributed by atoms with Gasteiger partial charge in [-0.3, -0.25) is 6.08 Å². The fraction of sp³-hybridized carbons (Fsp3) is 0.444. The normalized spacial score (nSPS) is 14.6. The predicted octanol–water partition coefficient (Wildman–Crippen LogP) is 6.05. The minimum absolute atomic E-state index is 0. The topological polar surface area (TPSA) is 20.2 Å². The largest absolute Gasteiger partial charge is 0.508 e. The van der Waals surface area contributed by atoms with Gasteiger partial charge in [0.25, 0.3) is 0 Å². The van der Waals surface area contributed by atoms with Crippen molar-refractivity contribution in [3.05, 3.63) is 52.6 Å². The van der Waals surface area contributed by atoms with Crippen molar-refractivity contribution in [3.8, 4) is 5.75 Å². The first-order valence-electron chi connectivity index (χ1n) is 6.95. The van der Waals surface area contributed by atoms with Gasteiger partial charge in [-0.15, -0.1) is 31.7 Å². The van der Waals surface area contributed by atoms with E-state index in [9.17, 15) is 0 Å². The van der Waals surface area contributed by atoms with Crippen molar-refractivity contribution < 1.29 is 26.8 Å². The first kappa shape index (κ1) is 30.8. The molecule has 130 valence electrons. The Hall–Kier alpha value is 0.0112. The Morgan fingerprint density at radius 1 is 1.04 bits per heavy atom. The summed E-state index contributed by atoms with van der Waals surface area (Å²) in [5.74, 6) is 0.898. The van der Waals surface area contributed by atoms with Crippen LogP contribution in [0.1, 0.15) is 33.3 Å². The molecule has 0 spiro atoms. The van der Waals surface area contributed by atoms with Gasteiger partial charge in [-0.1, -0.05) is 51.9 Å². The Kier molecular flexibility index (Phi) is 22.6. The van der Waals surface area contributed by atoms with Crippen molar-refractivity contribution >= 4 is 34.3 Å². The number of rotatable bonds is 0. The molecule has 0 bridgehead atoms. The van der Waals surface area contributed by atoms with Gasteiger partial charge in [0, 0.05) is 31.2 Å². The number of halogens is 2. The smallest absolute Gasteiger partial charge is 0.115 e. The molecule has 0 aliphatic heterocycles. The quantitative estimate of drug-likeness (QED) is 0.409. The summed E-state index contributed by atoms with van der Waals surface area (Å²) in [4.78, 5) is 0. The minimum Gasteiger partial charge on any atom is -0.508 e. The Balaban J connectivity index is -0.000000121. The number of phenols is 1. The number of allylic oxidation sites excluding steroid dienone is 4. The third-order valence-corrected chi connectivity index (χ3v) is 3.24. The van der Waals surface area contributed by atoms with Gasteiger partial charge in [0.1, 0.15) is 5.75 Å². The second kappa shape index (κ2) is 16.9. The molecule has 1 atom stereocenters. The average molecular weight is 408 g/mol. The average Bonchev–Trinajstić information content (AvgIpc) is 2.58. The summed E-state index contributed by atoms with van der Waals surface area (Å²) >= 11 is 0. The molecule has 0 saturated heterocycles. The van der Waals surface area contributed by atoms with E-state index in [2.05, 4.69) is 46.9 Å². The van der Waals surface area contributed by atoms with Crippen molar-refractivity contribution in [1.29, 1.82) is 0 Å². The Morgan fingerprint density at radius 2 is 1.52 bits per heavy atom. The van der Waals surface area contributed by atoms with Crippen LogP contribution in [-0.2, 0) is 21.7 Å². The van der Waals surface area contributed by atoms with Gasteiger partial charge < -0.3 is 5.11 Å². The van der Waals surface area contributed by atoms with E-state index in [1.807, 2.05) is 19.1 Å². The molecular formula is C18H29Cl2OSiTi-. The van der Waals surface area contributed by atoms with Crippen molar-refractivity contribution in [2.24, 2.45) is 5.92 Å². The summed E-state index contributed by atoms with van der Waals surface area (Å²) in [5.41, 5.74) is 5.33. The Bertz CT molecular complexity index is 470. The zero-order chi connectivity index (χ0) is 15.7. The summed E-state index contributed by atoms with van der Waals surface area (Å²) in [6.07, 6.45) is 3.36. The number of aromatic hydroxyl groups is 1. The molecule has 23 heavy (non-hydrogen) atoms. The summed E-state index contributed by atoms with van der Waals surface area (Å²) in [5, 5.41) is 8.81.